The monoisotopic (exact) mass is 157 g/mol. The highest BCUT2D eigenvalue weighted by Gasteiger charge is 2.40. The second kappa shape index (κ2) is 3.55. The lowest BCUT2D eigenvalue weighted by Crippen LogP contribution is -2.47. The number of hydrogen-bond acceptors (Lipinski definition) is 2. The summed E-state index contributed by atoms with van der Waals surface area (Å²) in [4.78, 5) is 0. The highest BCUT2D eigenvalue weighted by Crippen LogP contribution is 2.40. The number of ether oxygens (including phenoxy) is 1. The molecule has 0 aliphatic carbocycles. The molecule has 1 unspecified atom stereocenters. The molecule has 1 aliphatic heterocycles. The molecule has 66 valence electrons. The van der Waals surface area contributed by atoms with Crippen LogP contribution in [0.25, 0.3) is 0 Å². The van der Waals surface area contributed by atoms with Gasteiger partial charge in [-0.1, -0.05) is 13.8 Å². The summed E-state index contributed by atoms with van der Waals surface area (Å²) in [7, 11) is 0. The molecule has 2 nitrogen and oxygen atoms in total. The first-order chi connectivity index (χ1) is 5.25. The van der Waals surface area contributed by atoms with Crippen LogP contribution in [0.3, 0.4) is 0 Å². The maximum atomic E-state index is 5.52. The Bertz CT molecular complexity index is 115. The molecule has 0 saturated carbocycles. The summed E-state index contributed by atoms with van der Waals surface area (Å²) in [5, 5.41) is 0. The van der Waals surface area contributed by atoms with Crippen molar-refractivity contribution >= 4 is 0 Å². The Kier molecular flexibility index (Phi) is 2.90. The van der Waals surface area contributed by atoms with Crippen LogP contribution in [-0.4, -0.2) is 19.8 Å². The van der Waals surface area contributed by atoms with Crippen molar-refractivity contribution in [3.8, 4) is 0 Å². The predicted molar refractivity (Wildman–Crippen MR) is 46.4 cm³/mol. The quantitative estimate of drug-likeness (QED) is 0.669. The highest BCUT2D eigenvalue weighted by molar-refractivity contribution is 4.88. The molecule has 2 heteroatoms. The van der Waals surface area contributed by atoms with Gasteiger partial charge in [0.15, 0.2) is 0 Å². The molecule has 2 N–H and O–H groups in total. The zero-order valence-corrected chi connectivity index (χ0v) is 7.60. The summed E-state index contributed by atoms with van der Waals surface area (Å²) in [5.74, 6) is 0.728. The van der Waals surface area contributed by atoms with Gasteiger partial charge in [0.2, 0.25) is 0 Å². The molecule has 1 aliphatic rings. The molecular formula is C9H19NO. The minimum Gasteiger partial charge on any atom is -0.380 e. The van der Waals surface area contributed by atoms with E-state index in [1.165, 1.54) is 6.42 Å². The van der Waals surface area contributed by atoms with E-state index in [-0.39, 0.29) is 0 Å². The normalized spacial score (nSPS) is 24.3. The van der Waals surface area contributed by atoms with Gasteiger partial charge in [-0.3, -0.25) is 0 Å². The van der Waals surface area contributed by atoms with Gasteiger partial charge in [0.25, 0.3) is 0 Å². The summed E-state index contributed by atoms with van der Waals surface area (Å²) in [5.41, 5.74) is 5.99. The Hall–Kier alpha value is -0.0800. The lowest BCUT2D eigenvalue weighted by atomic mass is 9.71. The van der Waals surface area contributed by atoms with Crippen LogP contribution in [0.4, 0.5) is 0 Å². The smallest absolute Gasteiger partial charge is 0.0547 e. The van der Waals surface area contributed by atoms with Crippen molar-refractivity contribution in [1.29, 1.82) is 0 Å². The molecule has 1 saturated heterocycles. The van der Waals surface area contributed by atoms with E-state index < -0.39 is 0 Å². The van der Waals surface area contributed by atoms with E-state index in [2.05, 4.69) is 13.8 Å². The van der Waals surface area contributed by atoms with Crippen molar-refractivity contribution in [2.45, 2.75) is 26.7 Å². The zero-order chi connectivity index (χ0) is 8.32. The first-order valence-electron chi connectivity index (χ1n) is 4.53. The average molecular weight is 157 g/mol. The van der Waals surface area contributed by atoms with Crippen molar-refractivity contribution in [1.82, 2.24) is 0 Å². The molecule has 0 spiro atoms. The number of rotatable bonds is 4. The second-order valence-electron chi connectivity index (χ2n) is 3.69. The van der Waals surface area contributed by atoms with Crippen molar-refractivity contribution < 1.29 is 4.74 Å². The van der Waals surface area contributed by atoms with E-state index in [1.54, 1.807) is 0 Å². The lowest BCUT2D eigenvalue weighted by Gasteiger charge is -2.45. The van der Waals surface area contributed by atoms with E-state index in [0.29, 0.717) is 5.41 Å². The molecular weight excluding hydrogens is 138 g/mol. The third-order valence-electron chi connectivity index (χ3n) is 3.13. The Morgan fingerprint density at radius 3 is 2.45 bits per heavy atom. The minimum atomic E-state index is 0.472. The SMILES string of the molecule is CCC1(C(C)CCN)COC1. The number of hydrogen-bond donors (Lipinski definition) is 1. The van der Waals surface area contributed by atoms with Crippen LogP contribution < -0.4 is 5.73 Å². The van der Waals surface area contributed by atoms with Gasteiger partial charge in [-0.05, 0) is 25.3 Å². The van der Waals surface area contributed by atoms with Gasteiger partial charge in [0, 0.05) is 5.41 Å². The maximum Gasteiger partial charge on any atom is 0.0547 e. The summed E-state index contributed by atoms with van der Waals surface area (Å²) < 4.78 is 5.26. The first kappa shape index (κ1) is 9.01. The molecule has 0 amide bonds. The van der Waals surface area contributed by atoms with Crippen LogP contribution >= 0.6 is 0 Å². The van der Waals surface area contributed by atoms with Gasteiger partial charge >= 0.3 is 0 Å². The topological polar surface area (TPSA) is 35.2 Å². The van der Waals surface area contributed by atoms with Crippen LogP contribution in [0.5, 0.6) is 0 Å². The molecule has 11 heavy (non-hydrogen) atoms. The third kappa shape index (κ3) is 1.57. The fourth-order valence-electron chi connectivity index (χ4n) is 1.76. The average Bonchev–Trinajstić information content (AvgIpc) is 1.87. The molecule has 1 atom stereocenters. The van der Waals surface area contributed by atoms with Crippen LogP contribution in [0.15, 0.2) is 0 Å². The van der Waals surface area contributed by atoms with E-state index >= 15 is 0 Å². The number of nitrogens with two attached hydrogens (primary N) is 1. The summed E-state index contributed by atoms with van der Waals surface area (Å²) in [6.45, 7) is 7.24. The van der Waals surface area contributed by atoms with Crippen LogP contribution in [0.2, 0.25) is 0 Å². The third-order valence-corrected chi connectivity index (χ3v) is 3.13. The fourth-order valence-corrected chi connectivity index (χ4v) is 1.76. The minimum absolute atomic E-state index is 0.472. The first-order valence-corrected chi connectivity index (χ1v) is 4.53. The Labute approximate surface area is 69.1 Å². The van der Waals surface area contributed by atoms with Gasteiger partial charge in [0.1, 0.15) is 0 Å². The van der Waals surface area contributed by atoms with E-state index in [9.17, 15) is 0 Å². The largest absolute Gasteiger partial charge is 0.380 e. The molecule has 1 rings (SSSR count). The van der Waals surface area contributed by atoms with E-state index in [0.717, 1.165) is 32.1 Å². The second-order valence-corrected chi connectivity index (χ2v) is 3.69. The van der Waals surface area contributed by atoms with E-state index in [4.69, 9.17) is 10.5 Å². The summed E-state index contributed by atoms with van der Waals surface area (Å²) in [6, 6.07) is 0. The molecule has 0 aromatic carbocycles. The van der Waals surface area contributed by atoms with Gasteiger partial charge in [-0.2, -0.15) is 0 Å². The van der Waals surface area contributed by atoms with Crippen molar-refractivity contribution in [3.05, 3.63) is 0 Å². The maximum absolute atomic E-state index is 5.52. The molecule has 0 radical (unpaired) electrons. The Morgan fingerprint density at radius 1 is 1.55 bits per heavy atom. The molecule has 0 aromatic heterocycles. The van der Waals surface area contributed by atoms with Crippen LogP contribution in [0.1, 0.15) is 26.7 Å². The van der Waals surface area contributed by atoms with Gasteiger partial charge < -0.3 is 10.5 Å². The molecule has 1 heterocycles. The lowest BCUT2D eigenvalue weighted by molar-refractivity contribution is -0.145. The highest BCUT2D eigenvalue weighted by atomic mass is 16.5. The van der Waals surface area contributed by atoms with Crippen LogP contribution in [0, 0.1) is 11.3 Å². The van der Waals surface area contributed by atoms with Crippen molar-refractivity contribution in [2.24, 2.45) is 17.1 Å². The zero-order valence-electron chi connectivity index (χ0n) is 7.60. The predicted octanol–water partition coefficient (Wildman–Crippen LogP) is 1.40. The van der Waals surface area contributed by atoms with Gasteiger partial charge in [-0.15, -0.1) is 0 Å². The summed E-state index contributed by atoms with van der Waals surface area (Å²) in [6.07, 6.45) is 2.37. The molecule has 1 fully saturated rings. The van der Waals surface area contributed by atoms with Crippen LogP contribution in [-0.2, 0) is 4.74 Å². The molecule has 0 aromatic rings. The van der Waals surface area contributed by atoms with Gasteiger partial charge in [-0.25, -0.2) is 0 Å². The fraction of sp³-hybridized carbons (Fsp3) is 1.00. The Balaban J connectivity index is 2.40. The van der Waals surface area contributed by atoms with Crippen molar-refractivity contribution in [2.75, 3.05) is 19.8 Å². The van der Waals surface area contributed by atoms with Gasteiger partial charge in [0.05, 0.1) is 13.2 Å². The summed E-state index contributed by atoms with van der Waals surface area (Å²) >= 11 is 0. The standard InChI is InChI=1S/C9H19NO/c1-3-9(6-11-7-9)8(2)4-5-10/h8H,3-7,10H2,1-2H3. The Morgan fingerprint density at radius 2 is 2.18 bits per heavy atom. The molecule has 0 bridgehead atoms. The van der Waals surface area contributed by atoms with E-state index in [1.807, 2.05) is 0 Å². The van der Waals surface area contributed by atoms with Crippen molar-refractivity contribution in [3.63, 3.8) is 0 Å².